The molecule has 2 amide bonds. The maximum Gasteiger partial charge on any atom is 0.321 e. The van der Waals surface area contributed by atoms with Gasteiger partial charge in [-0.05, 0) is 93.9 Å². The molecule has 3 nitrogen and oxygen atoms in total. The second-order valence-corrected chi connectivity index (χ2v) is 9.91. The first-order chi connectivity index (χ1) is 9.81. The summed E-state index contributed by atoms with van der Waals surface area (Å²) in [4.78, 5) is 18.1. The van der Waals surface area contributed by atoms with Crippen molar-refractivity contribution < 1.29 is 4.79 Å². The molecule has 0 N–H and O–H groups in total. The normalized spacial score (nSPS) is 29.3. The molecule has 2 aliphatic rings. The van der Waals surface area contributed by atoms with E-state index < -0.39 is 0 Å². The van der Waals surface area contributed by atoms with Crippen molar-refractivity contribution in [2.24, 2.45) is 0 Å². The van der Waals surface area contributed by atoms with Gasteiger partial charge in [0.2, 0.25) is 0 Å². The Morgan fingerprint density at radius 3 is 1.05 bits per heavy atom. The summed E-state index contributed by atoms with van der Waals surface area (Å²) in [6.45, 7) is 17.9. The third-order valence-corrected chi connectivity index (χ3v) is 5.96. The second kappa shape index (κ2) is 5.14. The summed E-state index contributed by atoms with van der Waals surface area (Å²) in [5, 5.41) is 0. The summed E-state index contributed by atoms with van der Waals surface area (Å²) in [5.41, 5.74) is -0.268. The van der Waals surface area contributed by atoms with E-state index in [2.05, 4.69) is 65.2 Å². The van der Waals surface area contributed by atoms with Gasteiger partial charge < -0.3 is 9.80 Å². The maximum absolute atomic E-state index is 13.7. The SMILES string of the molecule is CC1(C)CCCC(C)(C)N1C(=O)N1C(C)(C)CCCC1(C)C. The van der Waals surface area contributed by atoms with E-state index in [0.717, 1.165) is 25.7 Å². The lowest BCUT2D eigenvalue weighted by Crippen LogP contribution is -2.70. The number of carbonyl (C=O) groups is 1. The lowest BCUT2D eigenvalue weighted by molar-refractivity contribution is -0.0532. The second-order valence-electron chi connectivity index (χ2n) is 9.91. The highest BCUT2D eigenvalue weighted by molar-refractivity contribution is 5.78. The smallest absolute Gasteiger partial charge is 0.314 e. The minimum Gasteiger partial charge on any atom is -0.314 e. The van der Waals surface area contributed by atoms with Crippen molar-refractivity contribution in [3.05, 3.63) is 0 Å². The van der Waals surface area contributed by atoms with E-state index in [1.165, 1.54) is 12.8 Å². The fourth-order valence-corrected chi connectivity index (χ4v) is 5.13. The van der Waals surface area contributed by atoms with Crippen LogP contribution in [0.25, 0.3) is 0 Å². The summed E-state index contributed by atoms with van der Waals surface area (Å²) in [6, 6.07) is 0.240. The number of urea groups is 1. The Bertz CT molecular complexity index is 376. The van der Waals surface area contributed by atoms with Crippen LogP contribution < -0.4 is 0 Å². The molecule has 2 fully saturated rings. The summed E-state index contributed by atoms with van der Waals surface area (Å²) < 4.78 is 0. The van der Waals surface area contributed by atoms with E-state index >= 15 is 0 Å². The van der Waals surface area contributed by atoms with E-state index in [0.29, 0.717) is 0 Å². The van der Waals surface area contributed by atoms with Crippen molar-refractivity contribution in [2.45, 2.75) is 116 Å². The molecule has 2 rings (SSSR count). The van der Waals surface area contributed by atoms with Crippen molar-refractivity contribution in [3.63, 3.8) is 0 Å². The van der Waals surface area contributed by atoms with Crippen molar-refractivity contribution in [1.29, 1.82) is 0 Å². The molecule has 2 saturated heterocycles. The molecule has 0 aromatic carbocycles. The Balaban J connectivity index is 2.43. The first kappa shape index (κ1) is 17.6. The van der Waals surface area contributed by atoms with E-state index in [-0.39, 0.29) is 28.2 Å². The number of hydrogen-bond acceptors (Lipinski definition) is 1. The highest BCUT2D eigenvalue weighted by Gasteiger charge is 2.52. The Morgan fingerprint density at radius 1 is 0.591 bits per heavy atom. The molecule has 3 heteroatoms. The summed E-state index contributed by atoms with van der Waals surface area (Å²) in [5.74, 6) is 0. The third-order valence-electron chi connectivity index (χ3n) is 5.96. The van der Waals surface area contributed by atoms with Gasteiger partial charge in [0.1, 0.15) is 0 Å². The van der Waals surface area contributed by atoms with Crippen molar-refractivity contribution in [2.75, 3.05) is 0 Å². The molecule has 22 heavy (non-hydrogen) atoms. The van der Waals surface area contributed by atoms with E-state index in [9.17, 15) is 4.79 Å². The Hall–Kier alpha value is -0.730. The van der Waals surface area contributed by atoms with Gasteiger partial charge in [0.15, 0.2) is 0 Å². The Morgan fingerprint density at radius 2 is 0.818 bits per heavy atom. The molecule has 0 aliphatic carbocycles. The van der Waals surface area contributed by atoms with Crippen molar-refractivity contribution in [3.8, 4) is 0 Å². The van der Waals surface area contributed by atoms with Crippen LogP contribution in [0.4, 0.5) is 4.79 Å². The fourth-order valence-electron chi connectivity index (χ4n) is 5.13. The van der Waals surface area contributed by atoms with Gasteiger partial charge in [-0.25, -0.2) is 4.79 Å². The minimum absolute atomic E-state index is 0.0670. The zero-order valence-corrected chi connectivity index (χ0v) is 16.0. The number of carbonyl (C=O) groups excluding carboxylic acids is 1. The van der Waals surface area contributed by atoms with Crippen molar-refractivity contribution in [1.82, 2.24) is 9.80 Å². The molecule has 128 valence electrons. The highest BCUT2D eigenvalue weighted by Crippen LogP contribution is 2.44. The highest BCUT2D eigenvalue weighted by atomic mass is 16.2. The Kier molecular flexibility index (Phi) is 4.12. The van der Waals surface area contributed by atoms with Gasteiger partial charge in [-0.3, -0.25) is 0 Å². The van der Waals surface area contributed by atoms with Gasteiger partial charge in [-0.15, -0.1) is 0 Å². The van der Waals surface area contributed by atoms with Crippen LogP contribution in [0.15, 0.2) is 0 Å². The van der Waals surface area contributed by atoms with Crippen LogP contribution in [0.3, 0.4) is 0 Å². The van der Waals surface area contributed by atoms with Crippen molar-refractivity contribution >= 4 is 6.03 Å². The zero-order valence-electron chi connectivity index (χ0n) is 16.0. The molecule has 0 radical (unpaired) electrons. The lowest BCUT2D eigenvalue weighted by Gasteiger charge is -2.60. The average Bonchev–Trinajstić information content (AvgIpc) is 2.22. The van der Waals surface area contributed by atoms with Gasteiger partial charge in [0, 0.05) is 22.2 Å². The maximum atomic E-state index is 13.7. The topological polar surface area (TPSA) is 23.6 Å². The van der Waals surface area contributed by atoms with Crippen LogP contribution in [0.1, 0.15) is 93.9 Å². The summed E-state index contributed by atoms with van der Waals surface area (Å²) in [7, 11) is 0. The predicted octanol–water partition coefficient (Wildman–Crippen LogP) is 5.19. The van der Waals surface area contributed by atoms with E-state index in [1.54, 1.807) is 0 Å². The molecule has 2 heterocycles. The minimum atomic E-state index is -0.0670. The quantitative estimate of drug-likeness (QED) is 0.604. The lowest BCUT2D eigenvalue weighted by atomic mass is 9.77. The summed E-state index contributed by atoms with van der Waals surface area (Å²) in [6.07, 6.45) is 6.79. The molecule has 0 atom stereocenters. The molecular weight excluding hydrogens is 272 g/mol. The van der Waals surface area contributed by atoms with Crippen LogP contribution >= 0.6 is 0 Å². The number of rotatable bonds is 0. The summed E-state index contributed by atoms with van der Waals surface area (Å²) >= 11 is 0. The Labute approximate surface area is 137 Å². The largest absolute Gasteiger partial charge is 0.321 e. The number of piperidine rings is 2. The van der Waals surface area contributed by atoms with E-state index in [4.69, 9.17) is 0 Å². The zero-order chi connectivity index (χ0) is 17.0. The third kappa shape index (κ3) is 2.88. The van der Waals surface area contributed by atoms with Crippen LogP contribution in [0.2, 0.25) is 0 Å². The molecule has 0 aromatic heterocycles. The molecule has 0 saturated carbocycles. The van der Waals surface area contributed by atoms with Crippen LogP contribution in [-0.2, 0) is 0 Å². The first-order valence-corrected chi connectivity index (χ1v) is 8.96. The number of likely N-dealkylation sites (tertiary alicyclic amines) is 2. The van der Waals surface area contributed by atoms with Crippen LogP contribution in [-0.4, -0.2) is 38.0 Å². The van der Waals surface area contributed by atoms with Gasteiger partial charge in [0.05, 0.1) is 0 Å². The van der Waals surface area contributed by atoms with Crippen LogP contribution in [0, 0.1) is 0 Å². The van der Waals surface area contributed by atoms with Crippen LogP contribution in [0.5, 0.6) is 0 Å². The molecule has 0 aromatic rings. The fraction of sp³-hybridized carbons (Fsp3) is 0.947. The first-order valence-electron chi connectivity index (χ1n) is 8.96. The average molecular weight is 309 g/mol. The van der Waals surface area contributed by atoms with Gasteiger partial charge in [-0.2, -0.15) is 0 Å². The monoisotopic (exact) mass is 308 g/mol. The predicted molar refractivity (Wildman–Crippen MR) is 93.1 cm³/mol. The number of nitrogens with zero attached hydrogens (tertiary/aromatic N) is 2. The van der Waals surface area contributed by atoms with E-state index in [1.807, 2.05) is 0 Å². The molecular formula is C19H36N2O. The van der Waals surface area contributed by atoms with Gasteiger partial charge in [0.25, 0.3) is 0 Å². The number of hydrogen-bond donors (Lipinski definition) is 0. The molecule has 0 spiro atoms. The molecule has 0 unspecified atom stereocenters. The van der Waals surface area contributed by atoms with Gasteiger partial charge >= 0.3 is 6.03 Å². The van der Waals surface area contributed by atoms with Gasteiger partial charge in [-0.1, -0.05) is 0 Å². The number of amides is 2. The molecule has 2 aliphatic heterocycles. The molecule has 0 bridgehead atoms. The standard InChI is InChI=1S/C19H36N2O/c1-16(2)11-9-12-17(3,4)20(16)15(22)21-18(5,6)13-10-14-19(21,7)8/h9-14H2,1-8H3.